The number of nitrogens with zero attached hydrogens (tertiary/aromatic N) is 1. The van der Waals surface area contributed by atoms with Gasteiger partial charge in [0.1, 0.15) is 5.75 Å². The maximum Gasteiger partial charge on any atom is 0.244 e. The topological polar surface area (TPSA) is 50.7 Å². The van der Waals surface area contributed by atoms with Gasteiger partial charge in [-0.25, -0.2) is 5.43 Å². The first-order valence-electron chi connectivity index (χ1n) is 6.79. The second-order valence-electron chi connectivity index (χ2n) is 4.83. The summed E-state index contributed by atoms with van der Waals surface area (Å²) >= 11 is 3.46. The summed E-state index contributed by atoms with van der Waals surface area (Å²) < 4.78 is 6.09. The summed E-state index contributed by atoms with van der Waals surface area (Å²) in [6, 6.07) is 13.3. The highest BCUT2D eigenvalue weighted by molar-refractivity contribution is 9.10. The van der Waals surface area contributed by atoms with Crippen molar-refractivity contribution in [3.63, 3.8) is 0 Å². The minimum absolute atomic E-state index is 0.160. The summed E-state index contributed by atoms with van der Waals surface area (Å²) in [5, 5.41) is 3.97. The number of benzene rings is 2. The van der Waals surface area contributed by atoms with Gasteiger partial charge in [-0.05, 0) is 41.8 Å². The van der Waals surface area contributed by atoms with Crippen LogP contribution in [0.25, 0.3) is 0 Å². The van der Waals surface area contributed by atoms with Gasteiger partial charge in [-0.3, -0.25) is 4.79 Å². The van der Waals surface area contributed by atoms with Crippen LogP contribution in [0.4, 0.5) is 0 Å². The van der Waals surface area contributed by atoms with E-state index in [1.165, 1.54) is 0 Å². The zero-order valence-corrected chi connectivity index (χ0v) is 14.1. The Bertz CT molecular complexity index is 682. The predicted octanol–water partition coefficient (Wildman–Crippen LogP) is 3.46. The van der Waals surface area contributed by atoms with E-state index < -0.39 is 0 Å². The summed E-state index contributed by atoms with van der Waals surface area (Å²) in [5.74, 6) is 0.611. The van der Waals surface area contributed by atoms with Crippen molar-refractivity contribution in [3.8, 4) is 5.75 Å². The monoisotopic (exact) mass is 360 g/mol. The van der Waals surface area contributed by atoms with Gasteiger partial charge in [-0.15, -0.1) is 0 Å². The number of nitrogens with one attached hydrogen (secondary N) is 1. The summed E-state index contributed by atoms with van der Waals surface area (Å²) in [7, 11) is 1.61. The predicted molar refractivity (Wildman–Crippen MR) is 91.3 cm³/mol. The lowest BCUT2D eigenvalue weighted by Gasteiger charge is -2.03. The molecule has 0 unspecified atom stereocenters. The van der Waals surface area contributed by atoms with Gasteiger partial charge in [0.05, 0.1) is 19.7 Å². The van der Waals surface area contributed by atoms with E-state index in [0.29, 0.717) is 0 Å². The maximum absolute atomic E-state index is 11.8. The Labute approximate surface area is 138 Å². The SMILES string of the molecule is COc1ccc(CC(=O)NN=Cc2ccc(C)c(Br)c2)cc1. The Morgan fingerprint density at radius 2 is 2.00 bits per heavy atom. The number of aryl methyl sites for hydroxylation is 1. The third kappa shape index (κ3) is 4.70. The third-order valence-corrected chi connectivity index (χ3v) is 3.98. The van der Waals surface area contributed by atoms with Crippen LogP contribution in [-0.4, -0.2) is 19.2 Å². The average molecular weight is 361 g/mol. The van der Waals surface area contributed by atoms with E-state index in [2.05, 4.69) is 26.5 Å². The summed E-state index contributed by atoms with van der Waals surface area (Å²) in [6.45, 7) is 2.02. The molecule has 0 saturated heterocycles. The Balaban J connectivity index is 1.88. The molecule has 0 saturated carbocycles. The third-order valence-electron chi connectivity index (χ3n) is 3.12. The van der Waals surface area contributed by atoms with E-state index in [-0.39, 0.29) is 12.3 Å². The molecule has 1 N–H and O–H groups in total. The van der Waals surface area contributed by atoms with Crippen LogP contribution in [0.2, 0.25) is 0 Å². The van der Waals surface area contributed by atoms with E-state index in [1.807, 2.05) is 49.4 Å². The van der Waals surface area contributed by atoms with E-state index in [0.717, 1.165) is 26.9 Å². The number of carbonyl (C=O) groups excluding carboxylic acids is 1. The van der Waals surface area contributed by atoms with Crippen molar-refractivity contribution >= 4 is 28.1 Å². The number of hydrogen-bond donors (Lipinski definition) is 1. The van der Waals surface area contributed by atoms with Crippen LogP contribution in [0.15, 0.2) is 52.0 Å². The summed E-state index contributed by atoms with van der Waals surface area (Å²) in [5.41, 5.74) is 5.51. The molecule has 22 heavy (non-hydrogen) atoms. The van der Waals surface area contributed by atoms with Crippen molar-refractivity contribution in [3.05, 3.63) is 63.6 Å². The molecule has 114 valence electrons. The summed E-state index contributed by atoms with van der Waals surface area (Å²) in [4.78, 5) is 11.8. The van der Waals surface area contributed by atoms with Gasteiger partial charge in [0, 0.05) is 4.47 Å². The number of ether oxygens (including phenoxy) is 1. The number of amides is 1. The van der Waals surface area contributed by atoms with Crippen LogP contribution < -0.4 is 10.2 Å². The van der Waals surface area contributed by atoms with Gasteiger partial charge in [-0.2, -0.15) is 5.10 Å². The highest BCUT2D eigenvalue weighted by Crippen LogP contribution is 2.16. The van der Waals surface area contributed by atoms with Crippen LogP contribution in [0, 0.1) is 6.92 Å². The number of hydrazone groups is 1. The molecule has 5 heteroatoms. The van der Waals surface area contributed by atoms with Crippen molar-refractivity contribution < 1.29 is 9.53 Å². The highest BCUT2D eigenvalue weighted by atomic mass is 79.9. The lowest BCUT2D eigenvalue weighted by molar-refractivity contribution is -0.120. The van der Waals surface area contributed by atoms with Crippen molar-refractivity contribution in [2.45, 2.75) is 13.3 Å². The molecule has 0 fully saturated rings. The fraction of sp³-hybridized carbons (Fsp3) is 0.176. The van der Waals surface area contributed by atoms with E-state index >= 15 is 0 Å². The Kier molecular flexibility index (Phi) is 5.72. The van der Waals surface area contributed by atoms with Gasteiger partial charge in [-0.1, -0.05) is 40.2 Å². The molecule has 0 spiro atoms. The molecular formula is C17H17BrN2O2. The van der Waals surface area contributed by atoms with Crippen LogP contribution in [0.1, 0.15) is 16.7 Å². The fourth-order valence-electron chi connectivity index (χ4n) is 1.84. The minimum atomic E-state index is -0.160. The van der Waals surface area contributed by atoms with Crippen molar-refractivity contribution in [1.82, 2.24) is 5.43 Å². The minimum Gasteiger partial charge on any atom is -0.497 e. The first-order valence-corrected chi connectivity index (χ1v) is 7.59. The van der Waals surface area contributed by atoms with Gasteiger partial charge in [0.15, 0.2) is 0 Å². The molecular weight excluding hydrogens is 344 g/mol. The largest absolute Gasteiger partial charge is 0.497 e. The van der Waals surface area contributed by atoms with Crippen LogP contribution in [-0.2, 0) is 11.2 Å². The van der Waals surface area contributed by atoms with Crippen molar-refractivity contribution in [2.75, 3.05) is 7.11 Å². The normalized spacial score (nSPS) is 10.7. The Morgan fingerprint density at radius 1 is 1.27 bits per heavy atom. The second kappa shape index (κ2) is 7.75. The quantitative estimate of drug-likeness (QED) is 0.655. The van der Waals surface area contributed by atoms with Crippen molar-refractivity contribution in [1.29, 1.82) is 0 Å². The van der Waals surface area contributed by atoms with E-state index in [1.54, 1.807) is 13.3 Å². The molecule has 0 aromatic heterocycles. The second-order valence-corrected chi connectivity index (χ2v) is 5.68. The molecule has 2 aromatic carbocycles. The molecule has 0 heterocycles. The van der Waals surface area contributed by atoms with E-state index in [4.69, 9.17) is 4.74 Å². The molecule has 2 aromatic rings. The lowest BCUT2D eigenvalue weighted by atomic mass is 10.1. The number of methoxy groups -OCH3 is 1. The number of hydrogen-bond acceptors (Lipinski definition) is 3. The van der Waals surface area contributed by atoms with Crippen LogP contribution in [0.3, 0.4) is 0 Å². The number of carbonyl (C=O) groups is 1. The molecule has 0 aliphatic carbocycles. The Morgan fingerprint density at radius 3 is 2.64 bits per heavy atom. The highest BCUT2D eigenvalue weighted by Gasteiger charge is 2.02. The standard InChI is InChI=1S/C17H17BrN2O2/c1-12-3-4-14(9-16(12)18)11-19-20-17(21)10-13-5-7-15(22-2)8-6-13/h3-9,11H,10H2,1-2H3,(H,20,21). The van der Waals surface area contributed by atoms with Gasteiger partial charge in [0.2, 0.25) is 5.91 Å². The average Bonchev–Trinajstić information content (AvgIpc) is 2.51. The van der Waals surface area contributed by atoms with Crippen LogP contribution in [0.5, 0.6) is 5.75 Å². The molecule has 0 bridgehead atoms. The first-order chi connectivity index (χ1) is 10.6. The number of rotatable bonds is 5. The fourth-order valence-corrected chi connectivity index (χ4v) is 2.23. The smallest absolute Gasteiger partial charge is 0.244 e. The number of halogens is 1. The zero-order valence-electron chi connectivity index (χ0n) is 12.5. The molecule has 2 rings (SSSR count). The Hall–Kier alpha value is -2.14. The molecule has 0 aliphatic heterocycles. The van der Waals surface area contributed by atoms with Gasteiger partial charge >= 0.3 is 0 Å². The van der Waals surface area contributed by atoms with Gasteiger partial charge < -0.3 is 4.74 Å². The van der Waals surface area contributed by atoms with E-state index in [9.17, 15) is 4.79 Å². The maximum atomic E-state index is 11.8. The zero-order chi connectivity index (χ0) is 15.9. The molecule has 0 radical (unpaired) electrons. The van der Waals surface area contributed by atoms with Crippen LogP contribution >= 0.6 is 15.9 Å². The molecule has 1 amide bonds. The van der Waals surface area contributed by atoms with Gasteiger partial charge in [0.25, 0.3) is 0 Å². The summed E-state index contributed by atoms with van der Waals surface area (Å²) in [6.07, 6.45) is 1.90. The van der Waals surface area contributed by atoms with Crippen molar-refractivity contribution in [2.24, 2.45) is 5.10 Å². The molecule has 0 atom stereocenters. The molecule has 0 aliphatic rings. The molecule has 4 nitrogen and oxygen atoms in total. The lowest BCUT2D eigenvalue weighted by Crippen LogP contribution is -2.19. The first kappa shape index (κ1) is 16.2.